The number of para-hydroxylation sites is 5. The molecule has 0 saturated carbocycles. The van der Waals surface area contributed by atoms with Crippen LogP contribution in [0.2, 0.25) is 0 Å². The van der Waals surface area contributed by atoms with E-state index in [-0.39, 0.29) is 0 Å². The molecule has 276 valence electrons. The van der Waals surface area contributed by atoms with Crippen molar-refractivity contribution in [3.63, 3.8) is 0 Å². The topological polar surface area (TPSA) is 21.3 Å². The van der Waals surface area contributed by atoms with Crippen molar-refractivity contribution in [1.82, 2.24) is 4.57 Å². The molecule has 0 spiro atoms. The van der Waals surface area contributed by atoms with Gasteiger partial charge in [-0.3, -0.25) is 0 Å². The molecular weight excluding hydrogens is 717 g/mol. The Kier molecular flexibility index (Phi) is 7.54. The van der Waals surface area contributed by atoms with Crippen LogP contribution in [0.1, 0.15) is 0 Å². The first kappa shape index (κ1) is 33.3. The third kappa shape index (κ3) is 5.29. The molecule has 0 unspecified atom stereocenters. The second-order valence-corrected chi connectivity index (χ2v) is 15.3. The molecule has 3 heteroatoms. The van der Waals surface area contributed by atoms with Crippen molar-refractivity contribution in [2.45, 2.75) is 0 Å². The number of aromatic nitrogens is 1. The van der Waals surface area contributed by atoms with Gasteiger partial charge in [-0.25, -0.2) is 0 Å². The minimum Gasteiger partial charge on any atom is -0.455 e. The van der Waals surface area contributed by atoms with E-state index < -0.39 is 0 Å². The number of hydrogen-bond donors (Lipinski definition) is 0. The zero-order valence-electron chi connectivity index (χ0n) is 32.1. The lowest BCUT2D eigenvalue weighted by Gasteiger charge is -2.27. The standard InChI is InChI=1S/C56H36N2O/c1-2-17-41(18-3-1)57(42-19-14-16-39(35-42)40-32-31-38-30-29-37-15-4-5-20-43(37)49(38)36-40)53-34-33-47(56-55(53)48-24-9-13-28-54(48)59-56)46-23-8-12-27-52(46)58-50-25-10-6-21-44(50)45-22-7-11-26-51(45)58/h1-36H. The predicted molar refractivity (Wildman–Crippen MR) is 249 cm³/mol. The van der Waals surface area contributed by atoms with E-state index in [1.807, 2.05) is 0 Å². The summed E-state index contributed by atoms with van der Waals surface area (Å²) in [5.74, 6) is 0. The highest BCUT2D eigenvalue weighted by Gasteiger charge is 2.24. The summed E-state index contributed by atoms with van der Waals surface area (Å²) in [6.45, 7) is 0. The quantitative estimate of drug-likeness (QED) is 0.158. The van der Waals surface area contributed by atoms with Crippen molar-refractivity contribution in [3.05, 3.63) is 218 Å². The molecule has 2 aromatic heterocycles. The van der Waals surface area contributed by atoms with Crippen LogP contribution in [0.4, 0.5) is 17.1 Å². The molecule has 0 amide bonds. The maximum Gasteiger partial charge on any atom is 0.145 e. The van der Waals surface area contributed by atoms with E-state index in [2.05, 4.69) is 228 Å². The summed E-state index contributed by atoms with van der Waals surface area (Å²) >= 11 is 0. The molecule has 0 aliphatic rings. The normalized spacial score (nSPS) is 11.7. The molecule has 0 bridgehead atoms. The van der Waals surface area contributed by atoms with Crippen LogP contribution in [0.3, 0.4) is 0 Å². The van der Waals surface area contributed by atoms with Crippen molar-refractivity contribution < 1.29 is 4.42 Å². The van der Waals surface area contributed by atoms with Gasteiger partial charge in [-0.2, -0.15) is 0 Å². The monoisotopic (exact) mass is 752 g/mol. The fraction of sp³-hybridized carbons (Fsp3) is 0. The van der Waals surface area contributed by atoms with Gasteiger partial charge in [0, 0.05) is 38.7 Å². The maximum absolute atomic E-state index is 6.98. The Bertz CT molecular complexity index is 3520. The van der Waals surface area contributed by atoms with Gasteiger partial charge in [-0.15, -0.1) is 0 Å². The van der Waals surface area contributed by atoms with Crippen molar-refractivity contribution in [3.8, 4) is 27.9 Å². The van der Waals surface area contributed by atoms with Crippen LogP contribution in [0, 0.1) is 0 Å². The molecular formula is C56H36N2O. The van der Waals surface area contributed by atoms with E-state index in [0.29, 0.717) is 0 Å². The van der Waals surface area contributed by atoms with E-state index in [1.54, 1.807) is 0 Å². The Morgan fingerprint density at radius 3 is 1.80 bits per heavy atom. The van der Waals surface area contributed by atoms with Crippen LogP contribution in [0.15, 0.2) is 223 Å². The molecule has 0 N–H and O–H groups in total. The summed E-state index contributed by atoms with van der Waals surface area (Å²) in [4.78, 5) is 2.38. The minimum atomic E-state index is 0.857. The Labute approximate surface area is 341 Å². The largest absolute Gasteiger partial charge is 0.455 e. The van der Waals surface area contributed by atoms with Gasteiger partial charge in [0.05, 0.1) is 27.8 Å². The van der Waals surface area contributed by atoms with Crippen LogP contribution in [-0.2, 0) is 0 Å². The maximum atomic E-state index is 6.98. The lowest BCUT2D eigenvalue weighted by molar-refractivity contribution is 0.670. The molecule has 12 rings (SSSR count). The average molecular weight is 753 g/mol. The molecule has 10 aromatic carbocycles. The van der Waals surface area contributed by atoms with Crippen LogP contribution in [0.5, 0.6) is 0 Å². The molecule has 0 fully saturated rings. The van der Waals surface area contributed by atoms with E-state index >= 15 is 0 Å². The average Bonchev–Trinajstić information content (AvgIpc) is 3.86. The molecule has 0 saturated heterocycles. The number of nitrogens with zero attached hydrogens (tertiary/aromatic N) is 2. The smallest absolute Gasteiger partial charge is 0.145 e. The Hall–Kier alpha value is -7.88. The number of anilines is 3. The zero-order valence-corrected chi connectivity index (χ0v) is 32.1. The first-order chi connectivity index (χ1) is 29.3. The molecule has 2 heterocycles. The lowest BCUT2D eigenvalue weighted by Crippen LogP contribution is -2.10. The van der Waals surface area contributed by atoms with Crippen LogP contribution < -0.4 is 4.90 Å². The van der Waals surface area contributed by atoms with Crippen LogP contribution >= 0.6 is 0 Å². The van der Waals surface area contributed by atoms with Gasteiger partial charge >= 0.3 is 0 Å². The number of rotatable bonds is 6. The molecule has 59 heavy (non-hydrogen) atoms. The van der Waals surface area contributed by atoms with Crippen molar-refractivity contribution >= 4 is 82.4 Å². The molecule has 0 radical (unpaired) electrons. The van der Waals surface area contributed by atoms with Gasteiger partial charge < -0.3 is 13.9 Å². The predicted octanol–water partition coefficient (Wildman–Crippen LogP) is 15.8. The highest BCUT2D eigenvalue weighted by Crippen LogP contribution is 2.48. The van der Waals surface area contributed by atoms with Crippen LogP contribution in [-0.4, -0.2) is 4.57 Å². The molecule has 3 nitrogen and oxygen atoms in total. The van der Waals surface area contributed by atoms with Gasteiger partial charge in [0.2, 0.25) is 0 Å². The fourth-order valence-electron chi connectivity index (χ4n) is 9.30. The van der Waals surface area contributed by atoms with Crippen LogP contribution in [0.25, 0.3) is 93.2 Å². The lowest BCUT2D eigenvalue weighted by atomic mass is 9.96. The Balaban J connectivity index is 1.08. The first-order valence-electron chi connectivity index (χ1n) is 20.2. The van der Waals surface area contributed by atoms with Gasteiger partial charge in [-0.1, -0.05) is 152 Å². The summed E-state index contributed by atoms with van der Waals surface area (Å²) < 4.78 is 9.38. The molecule has 0 aliphatic carbocycles. The minimum absolute atomic E-state index is 0.857. The third-order valence-corrected chi connectivity index (χ3v) is 12.0. The molecule has 12 aromatic rings. The molecule has 0 aliphatic heterocycles. The number of fused-ring (bicyclic) bond motifs is 9. The van der Waals surface area contributed by atoms with Crippen molar-refractivity contribution in [1.29, 1.82) is 0 Å². The molecule has 0 atom stereocenters. The second kappa shape index (κ2) is 13.4. The van der Waals surface area contributed by atoms with E-state index in [9.17, 15) is 0 Å². The van der Waals surface area contributed by atoms with Gasteiger partial charge in [0.25, 0.3) is 0 Å². The summed E-state index contributed by atoms with van der Waals surface area (Å²) in [5, 5.41) is 9.63. The Morgan fingerprint density at radius 2 is 0.983 bits per heavy atom. The van der Waals surface area contributed by atoms with Gasteiger partial charge in [0.1, 0.15) is 11.2 Å². The van der Waals surface area contributed by atoms with Gasteiger partial charge in [-0.05, 0) is 99.4 Å². The highest BCUT2D eigenvalue weighted by atomic mass is 16.3. The number of furan rings is 1. The summed E-state index contributed by atoms with van der Waals surface area (Å²) in [6, 6.07) is 78.6. The first-order valence-corrected chi connectivity index (χ1v) is 20.2. The van der Waals surface area contributed by atoms with Gasteiger partial charge in [0.15, 0.2) is 0 Å². The Morgan fingerprint density at radius 1 is 0.373 bits per heavy atom. The van der Waals surface area contributed by atoms with Crippen molar-refractivity contribution in [2.75, 3.05) is 4.90 Å². The van der Waals surface area contributed by atoms with Crippen molar-refractivity contribution in [2.24, 2.45) is 0 Å². The number of hydrogen-bond acceptors (Lipinski definition) is 2. The van der Waals surface area contributed by atoms with E-state index in [1.165, 1.54) is 48.9 Å². The second-order valence-electron chi connectivity index (χ2n) is 15.3. The fourth-order valence-corrected chi connectivity index (χ4v) is 9.30. The zero-order chi connectivity index (χ0) is 38.9. The summed E-state index contributed by atoms with van der Waals surface area (Å²) in [5.41, 5.74) is 12.8. The highest BCUT2D eigenvalue weighted by molar-refractivity contribution is 6.18. The summed E-state index contributed by atoms with van der Waals surface area (Å²) in [6.07, 6.45) is 0. The number of benzene rings is 10. The van der Waals surface area contributed by atoms with E-state index in [0.717, 1.165) is 61.4 Å². The third-order valence-electron chi connectivity index (χ3n) is 12.0. The summed E-state index contributed by atoms with van der Waals surface area (Å²) in [7, 11) is 0. The SMILES string of the molecule is c1ccc(N(c2cccc(-c3ccc4ccc5ccccc5c4c3)c2)c2ccc(-c3ccccc3-n3c4ccccc4c4ccccc43)c3oc4ccccc4c23)cc1. The van der Waals surface area contributed by atoms with E-state index in [4.69, 9.17) is 4.42 Å².